The van der Waals surface area contributed by atoms with Crippen molar-refractivity contribution in [3.05, 3.63) is 59.7 Å². The summed E-state index contributed by atoms with van der Waals surface area (Å²) in [5.74, 6) is 0. The second-order valence-electron chi connectivity index (χ2n) is 3.72. The van der Waals surface area contributed by atoms with Crippen LogP contribution < -0.4 is 0 Å². The molecule has 2 aromatic rings. The van der Waals surface area contributed by atoms with E-state index in [2.05, 4.69) is 37.3 Å². The molecule has 0 radical (unpaired) electrons. The number of aliphatic hydroxyl groups excluding tert-OH is 1. The van der Waals surface area contributed by atoms with Crippen molar-refractivity contribution in [2.45, 2.75) is 13.5 Å². The normalized spacial score (nSPS) is 10.3. The highest BCUT2D eigenvalue weighted by atomic mass is 16.3. The number of aryl methyl sites for hydroxylation is 1. The van der Waals surface area contributed by atoms with Gasteiger partial charge in [0, 0.05) is 0 Å². The summed E-state index contributed by atoms with van der Waals surface area (Å²) in [5, 5.41) is 9.05. The van der Waals surface area contributed by atoms with Crippen LogP contribution in [0.1, 0.15) is 11.1 Å². The molecule has 76 valence electrons. The maximum Gasteiger partial charge on any atom is 0.0682 e. The van der Waals surface area contributed by atoms with Crippen molar-refractivity contribution in [1.29, 1.82) is 0 Å². The molecule has 0 aromatic heterocycles. The Morgan fingerprint density at radius 3 is 2.33 bits per heavy atom. The molecule has 0 saturated carbocycles. The average Bonchev–Trinajstić information content (AvgIpc) is 2.30. The molecule has 2 aromatic carbocycles. The zero-order chi connectivity index (χ0) is 10.7. The maximum absolute atomic E-state index is 9.05. The van der Waals surface area contributed by atoms with Crippen LogP contribution in [0.25, 0.3) is 11.1 Å². The van der Waals surface area contributed by atoms with Crippen LogP contribution in [0.5, 0.6) is 0 Å². The fourth-order valence-corrected chi connectivity index (χ4v) is 1.60. The first-order chi connectivity index (χ1) is 7.29. The minimum absolute atomic E-state index is 0.0969. The summed E-state index contributed by atoms with van der Waals surface area (Å²) in [6, 6.07) is 16.4. The first-order valence-electron chi connectivity index (χ1n) is 5.06. The van der Waals surface area contributed by atoms with Crippen LogP contribution in [0.4, 0.5) is 0 Å². The lowest BCUT2D eigenvalue weighted by Crippen LogP contribution is -1.84. The Labute approximate surface area is 90.0 Å². The first-order valence-corrected chi connectivity index (χ1v) is 5.06. The summed E-state index contributed by atoms with van der Waals surface area (Å²) in [6.45, 7) is 2.17. The summed E-state index contributed by atoms with van der Waals surface area (Å²) in [4.78, 5) is 0. The summed E-state index contributed by atoms with van der Waals surface area (Å²) < 4.78 is 0. The number of benzene rings is 2. The molecular weight excluding hydrogens is 184 g/mol. The van der Waals surface area contributed by atoms with Gasteiger partial charge in [-0.25, -0.2) is 0 Å². The van der Waals surface area contributed by atoms with Gasteiger partial charge in [0.2, 0.25) is 0 Å². The van der Waals surface area contributed by atoms with Crippen LogP contribution in [0.3, 0.4) is 0 Å². The van der Waals surface area contributed by atoms with Crippen molar-refractivity contribution in [2.24, 2.45) is 0 Å². The Kier molecular flexibility index (Phi) is 2.84. The number of hydrogen-bond acceptors (Lipinski definition) is 1. The summed E-state index contributed by atoms with van der Waals surface area (Å²) >= 11 is 0. The minimum Gasteiger partial charge on any atom is -0.392 e. The molecule has 0 spiro atoms. The van der Waals surface area contributed by atoms with Crippen molar-refractivity contribution in [2.75, 3.05) is 0 Å². The highest BCUT2D eigenvalue weighted by Crippen LogP contribution is 2.20. The zero-order valence-corrected chi connectivity index (χ0v) is 8.77. The van der Waals surface area contributed by atoms with Gasteiger partial charge in [-0.15, -0.1) is 0 Å². The number of hydrogen-bond donors (Lipinski definition) is 1. The first kappa shape index (κ1) is 9.94. The number of rotatable bonds is 2. The highest BCUT2D eigenvalue weighted by molar-refractivity contribution is 5.64. The molecule has 1 N–H and O–H groups in total. The second-order valence-corrected chi connectivity index (χ2v) is 3.72. The van der Waals surface area contributed by atoms with Crippen molar-refractivity contribution in [1.82, 2.24) is 0 Å². The van der Waals surface area contributed by atoms with Crippen LogP contribution in [0.2, 0.25) is 0 Å². The van der Waals surface area contributed by atoms with Crippen LogP contribution in [0.15, 0.2) is 48.5 Å². The van der Waals surface area contributed by atoms with E-state index in [0.717, 1.165) is 11.1 Å². The lowest BCUT2D eigenvalue weighted by molar-refractivity contribution is 0.282. The van der Waals surface area contributed by atoms with Crippen molar-refractivity contribution >= 4 is 0 Å². The number of aliphatic hydroxyl groups is 1. The fourth-order valence-electron chi connectivity index (χ4n) is 1.60. The van der Waals surface area contributed by atoms with Gasteiger partial charge in [0.15, 0.2) is 0 Å². The Balaban J connectivity index is 2.40. The van der Waals surface area contributed by atoms with Crippen LogP contribution in [-0.2, 0) is 6.61 Å². The molecule has 1 heteroatoms. The summed E-state index contributed by atoms with van der Waals surface area (Å²) in [5.41, 5.74) is 4.56. The Bertz CT molecular complexity index is 443. The molecule has 0 saturated heterocycles. The van der Waals surface area contributed by atoms with Gasteiger partial charge < -0.3 is 5.11 Å². The lowest BCUT2D eigenvalue weighted by Gasteiger charge is -2.04. The van der Waals surface area contributed by atoms with Gasteiger partial charge in [-0.2, -0.15) is 0 Å². The van der Waals surface area contributed by atoms with Crippen molar-refractivity contribution in [3.8, 4) is 11.1 Å². The standard InChI is InChI=1S/C14H14O/c1-11-5-7-13(8-6-11)14-4-2-3-12(9-14)10-15/h2-9,15H,10H2,1H3. The highest BCUT2D eigenvalue weighted by Gasteiger charge is 1.97. The molecule has 0 unspecified atom stereocenters. The van der Waals surface area contributed by atoms with E-state index in [-0.39, 0.29) is 6.61 Å². The topological polar surface area (TPSA) is 20.2 Å². The Hall–Kier alpha value is -1.60. The van der Waals surface area contributed by atoms with Gasteiger partial charge in [-0.05, 0) is 29.7 Å². The van der Waals surface area contributed by atoms with Gasteiger partial charge in [0.05, 0.1) is 6.61 Å². The molecule has 0 amide bonds. The third-order valence-electron chi connectivity index (χ3n) is 2.49. The third kappa shape index (κ3) is 2.25. The predicted molar refractivity (Wildman–Crippen MR) is 62.5 cm³/mol. The van der Waals surface area contributed by atoms with Crippen LogP contribution in [-0.4, -0.2) is 5.11 Å². The molecule has 0 atom stereocenters. The van der Waals surface area contributed by atoms with Gasteiger partial charge in [-0.1, -0.05) is 48.0 Å². The zero-order valence-electron chi connectivity index (χ0n) is 8.77. The quantitative estimate of drug-likeness (QED) is 0.786. The monoisotopic (exact) mass is 198 g/mol. The summed E-state index contributed by atoms with van der Waals surface area (Å²) in [6.07, 6.45) is 0. The van der Waals surface area contributed by atoms with Crippen molar-refractivity contribution in [3.63, 3.8) is 0 Å². The largest absolute Gasteiger partial charge is 0.392 e. The third-order valence-corrected chi connectivity index (χ3v) is 2.49. The van der Waals surface area contributed by atoms with Gasteiger partial charge in [0.1, 0.15) is 0 Å². The van der Waals surface area contributed by atoms with E-state index in [0.29, 0.717) is 0 Å². The maximum atomic E-state index is 9.05. The second kappa shape index (κ2) is 4.28. The van der Waals surface area contributed by atoms with E-state index in [1.807, 2.05) is 18.2 Å². The van der Waals surface area contributed by atoms with E-state index in [1.54, 1.807) is 0 Å². The molecule has 0 aliphatic carbocycles. The van der Waals surface area contributed by atoms with Gasteiger partial charge in [0.25, 0.3) is 0 Å². The van der Waals surface area contributed by atoms with E-state index < -0.39 is 0 Å². The minimum atomic E-state index is 0.0969. The van der Waals surface area contributed by atoms with Crippen molar-refractivity contribution < 1.29 is 5.11 Å². The Morgan fingerprint density at radius 1 is 0.933 bits per heavy atom. The molecular formula is C14H14O. The molecule has 2 rings (SSSR count). The van der Waals surface area contributed by atoms with Gasteiger partial charge >= 0.3 is 0 Å². The molecule has 0 aliphatic heterocycles. The molecule has 0 aliphatic rings. The molecule has 0 bridgehead atoms. The Morgan fingerprint density at radius 2 is 1.67 bits per heavy atom. The SMILES string of the molecule is Cc1ccc(-c2cccc(CO)c2)cc1. The smallest absolute Gasteiger partial charge is 0.0682 e. The molecule has 15 heavy (non-hydrogen) atoms. The molecule has 0 fully saturated rings. The van der Waals surface area contributed by atoms with E-state index in [1.165, 1.54) is 11.1 Å². The molecule has 0 heterocycles. The lowest BCUT2D eigenvalue weighted by atomic mass is 10.0. The van der Waals surface area contributed by atoms with E-state index >= 15 is 0 Å². The van der Waals surface area contributed by atoms with E-state index in [9.17, 15) is 0 Å². The fraction of sp³-hybridized carbons (Fsp3) is 0.143. The van der Waals surface area contributed by atoms with Crippen LogP contribution >= 0.6 is 0 Å². The van der Waals surface area contributed by atoms with Gasteiger partial charge in [-0.3, -0.25) is 0 Å². The van der Waals surface area contributed by atoms with Crippen LogP contribution in [0, 0.1) is 6.92 Å². The summed E-state index contributed by atoms with van der Waals surface area (Å²) in [7, 11) is 0. The predicted octanol–water partition coefficient (Wildman–Crippen LogP) is 3.15. The van der Waals surface area contributed by atoms with E-state index in [4.69, 9.17) is 5.11 Å². The average molecular weight is 198 g/mol. The molecule has 1 nitrogen and oxygen atoms in total.